The van der Waals surface area contributed by atoms with Crippen LogP contribution in [0, 0.1) is 5.92 Å². The van der Waals surface area contributed by atoms with Crippen molar-refractivity contribution in [2.24, 2.45) is 5.92 Å². The second-order valence-electron chi connectivity index (χ2n) is 5.43. The number of nitrogens with one attached hydrogen (secondary N) is 1. The summed E-state index contributed by atoms with van der Waals surface area (Å²) < 4.78 is 2.16. The van der Waals surface area contributed by atoms with E-state index < -0.39 is 0 Å². The van der Waals surface area contributed by atoms with Crippen LogP contribution in [-0.4, -0.2) is 45.3 Å². The molecule has 0 bridgehead atoms. The molecule has 5 nitrogen and oxygen atoms in total. The third-order valence-corrected chi connectivity index (χ3v) is 3.69. The minimum Gasteiger partial charge on any atom is -0.315 e. The van der Waals surface area contributed by atoms with Crippen molar-refractivity contribution in [3.63, 3.8) is 0 Å². The van der Waals surface area contributed by atoms with Crippen LogP contribution in [0.2, 0.25) is 0 Å². The van der Waals surface area contributed by atoms with E-state index >= 15 is 0 Å². The molecule has 1 aromatic rings. The zero-order valence-corrected chi connectivity index (χ0v) is 11.8. The van der Waals surface area contributed by atoms with Gasteiger partial charge < -0.3 is 9.88 Å². The summed E-state index contributed by atoms with van der Waals surface area (Å²) in [6.07, 6.45) is 3.03. The summed E-state index contributed by atoms with van der Waals surface area (Å²) in [4.78, 5) is 2.54. The fourth-order valence-electron chi connectivity index (χ4n) is 2.58. The van der Waals surface area contributed by atoms with Crippen LogP contribution in [0.3, 0.4) is 0 Å². The molecule has 0 radical (unpaired) electrons. The van der Waals surface area contributed by atoms with Crippen molar-refractivity contribution in [2.45, 2.75) is 46.3 Å². The molecule has 0 aliphatic carbocycles. The summed E-state index contributed by atoms with van der Waals surface area (Å²) in [6.45, 7) is 12.0. The lowest BCUT2D eigenvalue weighted by molar-refractivity contribution is 0.116. The SMILES string of the molecule is CCCNCC(C(C)C)N1CCn2cnnc2C1. The number of fused-ring (bicyclic) bond motifs is 1. The van der Waals surface area contributed by atoms with Gasteiger partial charge in [0.15, 0.2) is 0 Å². The lowest BCUT2D eigenvalue weighted by Gasteiger charge is -2.37. The summed E-state index contributed by atoms with van der Waals surface area (Å²) in [6, 6.07) is 0.585. The first-order chi connectivity index (χ1) is 8.72. The smallest absolute Gasteiger partial charge is 0.147 e. The van der Waals surface area contributed by atoms with E-state index in [9.17, 15) is 0 Å². The monoisotopic (exact) mass is 251 g/mol. The second kappa shape index (κ2) is 6.29. The van der Waals surface area contributed by atoms with Gasteiger partial charge in [-0.3, -0.25) is 4.90 Å². The Hall–Kier alpha value is -0.940. The summed E-state index contributed by atoms with van der Waals surface area (Å²) in [5.41, 5.74) is 0. The Morgan fingerprint density at radius 2 is 2.22 bits per heavy atom. The largest absolute Gasteiger partial charge is 0.315 e. The Labute approximate surface area is 110 Å². The van der Waals surface area contributed by atoms with E-state index in [1.54, 1.807) is 0 Å². The van der Waals surface area contributed by atoms with Crippen LogP contribution in [0.4, 0.5) is 0 Å². The van der Waals surface area contributed by atoms with Gasteiger partial charge in [-0.25, -0.2) is 0 Å². The van der Waals surface area contributed by atoms with E-state index in [2.05, 4.69) is 45.8 Å². The van der Waals surface area contributed by atoms with Crippen molar-refractivity contribution in [1.29, 1.82) is 0 Å². The van der Waals surface area contributed by atoms with Crippen molar-refractivity contribution >= 4 is 0 Å². The highest BCUT2D eigenvalue weighted by atomic mass is 15.3. The first-order valence-electron chi connectivity index (χ1n) is 7.03. The van der Waals surface area contributed by atoms with Gasteiger partial charge in [0.05, 0.1) is 6.54 Å². The van der Waals surface area contributed by atoms with Crippen molar-refractivity contribution < 1.29 is 0 Å². The second-order valence-corrected chi connectivity index (χ2v) is 5.43. The van der Waals surface area contributed by atoms with Crippen LogP contribution in [0.5, 0.6) is 0 Å². The van der Waals surface area contributed by atoms with Crippen molar-refractivity contribution in [2.75, 3.05) is 19.6 Å². The van der Waals surface area contributed by atoms with Gasteiger partial charge >= 0.3 is 0 Å². The highest BCUT2D eigenvalue weighted by Gasteiger charge is 2.26. The Morgan fingerprint density at radius 1 is 1.39 bits per heavy atom. The predicted octanol–water partition coefficient (Wildman–Crippen LogP) is 1.12. The molecule has 0 aromatic carbocycles. The molecular formula is C13H25N5. The minimum atomic E-state index is 0.585. The van der Waals surface area contributed by atoms with Crippen LogP contribution in [-0.2, 0) is 13.1 Å². The standard InChI is InChI=1S/C13H25N5/c1-4-5-14-8-12(11(2)3)17-6-7-18-10-15-16-13(18)9-17/h10-12,14H,4-9H2,1-3H3. The summed E-state index contributed by atoms with van der Waals surface area (Å²) >= 11 is 0. The molecule has 1 aliphatic heterocycles. The number of rotatable bonds is 6. The average molecular weight is 251 g/mol. The number of nitrogens with zero attached hydrogens (tertiary/aromatic N) is 4. The van der Waals surface area contributed by atoms with Crippen LogP contribution in [0.25, 0.3) is 0 Å². The van der Waals surface area contributed by atoms with Gasteiger partial charge in [-0.15, -0.1) is 10.2 Å². The summed E-state index contributed by atoms with van der Waals surface area (Å²) in [5.74, 6) is 1.76. The molecule has 1 aliphatic rings. The Bertz CT molecular complexity index is 360. The van der Waals surface area contributed by atoms with Crippen LogP contribution in [0.15, 0.2) is 6.33 Å². The van der Waals surface area contributed by atoms with Gasteiger partial charge in [-0.2, -0.15) is 0 Å². The maximum Gasteiger partial charge on any atom is 0.147 e. The van der Waals surface area contributed by atoms with Gasteiger partial charge in [0.1, 0.15) is 12.2 Å². The lowest BCUT2D eigenvalue weighted by Crippen LogP contribution is -2.48. The fourth-order valence-corrected chi connectivity index (χ4v) is 2.58. The molecule has 1 aromatic heterocycles. The van der Waals surface area contributed by atoms with Crippen LogP contribution < -0.4 is 5.32 Å². The lowest BCUT2D eigenvalue weighted by atomic mass is 10.0. The van der Waals surface area contributed by atoms with E-state index in [1.165, 1.54) is 6.42 Å². The zero-order valence-electron chi connectivity index (χ0n) is 11.8. The van der Waals surface area contributed by atoms with Gasteiger partial charge in [0.2, 0.25) is 0 Å². The van der Waals surface area contributed by atoms with E-state index in [0.29, 0.717) is 12.0 Å². The molecule has 0 amide bonds. The minimum absolute atomic E-state index is 0.585. The third-order valence-electron chi connectivity index (χ3n) is 3.69. The average Bonchev–Trinajstić information content (AvgIpc) is 2.81. The number of aromatic nitrogens is 3. The molecule has 0 spiro atoms. The molecule has 5 heteroatoms. The Morgan fingerprint density at radius 3 is 2.94 bits per heavy atom. The summed E-state index contributed by atoms with van der Waals surface area (Å²) in [7, 11) is 0. The van der Waals surface area contributed by atoms with Crippen molar-refractivity contribution in [3.05, 3.63) is 12.2 Å². The van der Waals surface area contributed by atoms with E-state index in [4.69, 9.17) is 0 Å². The van der Waals surface area contributed by atoms with E-state index in [-0.39, 0.29) is 0 Å². The first-order valence-corrected chi connectivity index (χ1v) is 7.03. The van der Waals surface area contributed by atoms with Gasteiger partial charge in [0, 0.05) is 25.7 Å². The molecule has 0 saturated heterocycles. The quantitative estimate of drug-likeness (QED) is 0.770. The number of hydrogen-bond donors (Lipinski definition) is 1. The number of hydrogen-bond acceptors (Lipinski definition) is 4. The molecule has 0 fully saturated rings. The summed E-state index contributed by atoms with van der Waals surface area (Å²) in [5, 5.41) is 11.7. The van der Waals surface area contributed by atoms with Crippen molar-refractivity contribution in [1.82, 2.24) is 25.0 Å². The highest BCUT2D eigenvalue weighted by Crippen LogP contribution is 2.17. The third kappa shape index (κ3) is 3.09. The fraction of sp³-hybridized carbons (Fsp3) is 0.846. The van der Waals surface area contributed by atoms with E-state index in [1.807, 2.05) is 6.33 Å². The Balaban J connectivity index is 1.95. The first kappa shape index (κ1) is 13.5. The molecule has 1 N–H and O–H groups in total. The van der Waals surface area contributed by atoms with Crippen molar-refractivity contribution in [3.8, 4) is 0 Å². The van der Waals surface area contributed by atoms with Gasteiger partial charge in [-0.1, -0.05) is 20.8 Å². The molecule has 0 saturated carbocycles. The van der Waals surface area contributed by atoms with Gasteiger partial charge in [-0.05, 0) is 18.9 Å². The molecule has 102 valence electrons. The molecular weight excluding hydrogens is 226 g/mol. The maximum atomic E-state index is 4.20. The van der Waals surface area contributed by atoms with Crippen LogP contribution in [0.1, 0.15) is 33.0 Å². The normalized spacial score (nSPS) is 18.0. The molecule has 18 heavy (non-hydrogen) atoms. The van der Waals surface area contributed by atoms with Crippen LogP contribution >= 0.6 is 0 Å². The zero-order chi connectivity index (χ0) is 13.0. The predicted molar refractivity (Wildman–Crippen MR) is 72.2 cm³/mol. The maximum absolute atomic E-state index is 4.20. The Kier molecular flexibility index (Phi) is 4.72. The molecule has 1 unspecified atom stereocenters. The molecule has 2 rings (SSSR count). The topological polar surface area (TPSA) is 46.0 Å². The highest BCUT2D eigenvalue weighted by molar-refractivity contribution is 4.92. The molecule has 1 atom stereocenters. The van der Waals surface area contributed by atoms with E-state index in [0.717, 1.165) is 38.5 Å². The molecule has 2 heterocycles. The van der Waals surface area contributed by atoms with Gasteiger partial charge in [0.25, 0.3) is 0 Å².